The van der Waals surface area contributed by atoms with Crippen molar-refractivity contribution in [1.82, 2.24) is 4.90 Å². The number of benzene rings is 2. The van der Waals surface area contributed by atoms with E-state index in [9.17, 15) is 23.1 Å². The van der Waals surface area contributed by atoms with Crippen LogP contribution >= 0.6 is 0 Å². The Balaban J connectivity index is 1.78. The summed E-state index contributed by atoms with van der Waals surface area (Å²) < 4.78 is 46.9. The molecule has 2 aromatic rings. The normalized spacial score (nSPS) is 15.0. The minimum Gasteiger partial charge on any atom is -0.508 e. The number of ether oxygens (including phenoxy) is 2. The van der Waals surface area contributed by atoms with Crippen molar-refractivity contribution in [2.75, 3.05) is 37.8 Å². The molecule has 7 nitrogen and oxygen atoms in total. The fourth-order valence-electron chi connectivity index (χ4n) is 2.90. The number of aryl methyl sites for hydroxylation is 1. The number of amides is 1. The standard InChI is InChI=1S/C22H22F3N3O4/c1-13-9-14(5-4-8-28(2)3)17(11-18(13)29)27-21(30)20-12-26-16-7-6-15(10-19(16)31-20)32-22(23,24)25/h6-7,9-11,20,26,29H,8,12H2,1-3H3,(H,27,30). The van der Waals surface area contributed by atoms with Crippen LogP contribution in [0.2, 0.25) is 0 Å². The largest absolute Gasteiger partial charge is 0.573 e. The van der Waals surface area contributed by atoms with Gasteiger partial charge in [0.15, 0.2) is 6.10 Å². The number of fused-ring (bicyclic) bond motifs is 1. The Bertz CT molecular complexity index is 1070. The van der Waals surface area contributed by atoms with Crippen LogP contribution in [0.15, 0.2) is 30.3 Å². The molecular formula is C22H22F3N3O4. The molecule has 2 aromatic carbocycles. The molecule has 1 amide bonds. The lowest BCUT2D eigenvalue weighted by molar-refractivity contribution is -0.274. The van der Waals surface area contributed by atoms with Crippen LogP contribution in [0, 0.1) is 18.8 Å². The first kappa shape index (κ1) is 23.1. The zero-order valence-electron chi connectivity index (χ0n) is 17.6. The predicted octanol–water partition coefficient (Wildman–Crippen LogP) is 3.32. The maximum Gasteiger partial charge on any atom is 0.573 e. The second-order valence-electron chi connectivity index (χ2n) is 7.41. The van der Waals surface area contributed by atoms with Crippen molar-refractivity contribution in [1.29, 1.82) is 0 Å². The maximum absolute atomic E-state index is 12.8. The first-order chi connectivity index (χ1) is 15.0. The van der Waals surface area contributed by atoms with Gasteiger partial charge in [-0.1, -0.05) is 11.8 Å². The molecule has 3 rings (SSSR count). The van der Waals surface area contributed by atoms with E-state index in [0.29, 0.717) is 29.0 Å². The highest BCUT2D eigenvalue weighted by molar-refractivity contribution is 5.96. The number of nitrogens with zero attached hydrogens (tertiary/aromatic N) is 1. The zero-order valence-corrected chi connectivity index (χ0v) is 17.6. The molecule has 0 saturated carbocycles. The monoisotopic (exact) mass is 449 g/mol. The molecule has 0 aliphatic carbocycles. The van der Waals surface area contributed by atoms with Crippen LogP contribution in [-0.4, -0.2) is 55.6 Å². The van der Waals surface area contributed by atoms with E-state index in [4.69, 9.17) is 4.74 Å². The van der Waals surface area contributed by atoms with Gasteiger partial charge in [-0.3, -0.25) is 9.69 Å². The van der Waals surface area contributed by atoms with Crippen LogP contribution < -0.4 is 20.1 Å². The SMILES string of the molecule is Cc1cc(C#CCN(C)C)c(NC(=O)C2CNc3ccc(OC(F)(F)F)cc3O2)cc1O. The van der Waals surface area contributed by atoms with Gasteiger partial charge in [-0.05, 0) is 44.8 Å². The fraction of sp³-hybridized carbons (Fsp3) is 0.318. The summed E-state index contributed by atoms with van der Waals surface area (Å²) in [6.07, 6.45) is -5.88. The summed E-state index contributed by atoms with van der Waals surface area (Å²) in [4.78, 5) is 14.7. The van der Waals surface area contributed by atoms with Crippen LogP contribution in [0.1, 0.15) is 11.1 Å². The van der Waals surface area contributed by atoms with E-state index < -0.39 is 24.1 Å². The molecule has 10 heteroatoms. The van der Waals surface area contributed by atoms with E-state index >= 15 is 0 Å². The number of anilines is 2. The molecule has 1 heterocycles. The fourth-order valence-corrected chi connectivity index (χ4v) is 2.90. The number of hydrogen-bond acceptors (Lipinski definition) is 6. The number of phenols is 1. The quantitative estimate of drug-likeness (QED) is 0.622. The van der Waals surface area contributed by atoms with Gasteiger partial charge in [-0.2, -0.15) is 0 Å². The smallest absolute Gasteiger partial charge is 0.508 e. The molecule has 0 radical (unpaired) electrons. The topological polar surface area (TPSA) is 83.1 Å². The van der Waals surface area contributed by atoms with Gasteiger partial charge in [0.05, 0.1) is 24.5 Å². The van der Waals surface area contributed by atoms with E-state index in [2.05, 4.69) is 27.2 Å². The molecule has 1 aliphatic heterocycles. The number of nitrogens with one attached hydrogen (secondary N) is 2. The van der Waals surface area contributed by atoms with Crippen molar-refractivity contribution in [2.45, 2.75) is 19.4 Å². The molecule has 1 atom stereocenters. The molecular weight excluding hydrogens is 427 g/mol. The van der Waals surface area contributed by atoms with Crippen molar-refractivity contribution in [3.8, 4) is 29.1 Å². The van der Waals surface area contributed by atoms with E-state index in [0.717, 1.165) is 12.1 Å². The highest BCUT2D eigenvalue weighted by atomic mass is 19.4. The van der Waals surface area contributed by atoms with Crippen molar-refractivity contribution < 1.29 is 32.5 Å². The number of carbonyl (C=O) groups is 1. The summed E-state index contributed by atoms with van der Waals surface area (Å²) in [6.45, 7) is 2.31. The maximum atomic E-state index is 12.8. The van der Waals surface area contributed by atoms with Crippen LogP contribution in [0.5, 0.6) is 17.2 Å². The van der Waals surface area contributed by atoms with E-state index in [1.807, 2.05) is 19.0 Å². The number of aromatic hydroxyl groups is 1. The van der Waals surface area contributed by atoms with Crippen molar-refractivity contribution in [2.24, 2.45) is 0 Å². The van der Waals surface area contributed by atoms with Crippen LogP contribution in [0.3, 0.4) is 0 Å². The lowest BCUT2D eigenvalue weighted by Crippen LogP contribution is -2.41. The lowest BCUT2D eigenvalue weighted by Gasteiger charge is -2.27. The summed E-state index contributed by atoms with van der Waals surface area (Å²) in [5.41, 5.74) is 1.85. The minimum atomic E-state index is -4.84. The molecule has 0 spiro atoms. The summed E-state index contributed by atoms with van der Waals surface area (Å²) in [5, 5.41) is 15.7. The van der Waals surface area contributed by atoms with Gasteiger partial charge in [0.2, 0.25) is 0 Å². The number of hydrogen-bond donors (Lipinski definition) is 3. The Labute approximate surface area is 183 Å². The van der Waals surface area contributed by atoms with Gasteiger partial charge in [0.1, 0.15) is 17.2 Å². The lowest BCUT2D eigenvalue weighted by atomic mass is 10.1. The summed E-state index contributed by atoms with van der Waals surface area (Å²) in [7, 11) is 3.74. The Morgan fingerprint density at radius 3 is 2.78 bits per heavy atom. The zero-order chi connectivity index (χ0) is 23.5. The molecule has 1 unspecified atom stereocenters. The van der Waals surface area contributed by atoms with Gasteiger partial charge >= 0.3 is 6.36 Å². The van der Waals surface area contributed by atoms with E-state index in [1.54, 1.807) is 13.0 Å². The van der Waals surface area contributed by atoms with Crippen LogP contribution in [0.25, 0.3) is 0 Å². The second kappa shape index (κ2) is 9.28. The molecule has 0 fully saturated rings. The van der Waals surface area contributed by atoms with Gasteiger partial charge in [0.25, 0.3) is 5.91 Å². The first-order valence-corrected chi connectivity index (χ1v) is 9.60. The molecule has 1 aliphatic rings. The second-order valence-corrected chi connectivity index (χ2v) is 7.41. The minimum absolute atomic E-state index is 0.0135. The van der Waals surface area contributed by atoms with E-state index in [-0.39, 0.29) is 18.0 Å². The number of alkyl halides is 3. The van der Waals surface area contributed by atoms with Gasteiger partial charge in [-0.25, -0.2) is 0 Å². The number of rotatable bonds is 4. The Hall–Kier alpha value is -3.58. The Morgan fingerprint density at radius 1 is 1.34 bits per heavy atom. The Morgan fingerprint density at radius 2 is 2.09 bits per heavy atom. The third-order valence-electron chi connectivity index (χ3n) is 4.44. The molecule has 32 heavy (non-hydrogen) atoms. The Kier molecular flexibility index (Phi) is 6.69. The van der Waals surface area contributed by atoms with Crippen molar-refractivity contribution in [3.63, 3.8) is 0 Å². The van der Waals surface area contributed by atoms with E-state index in [1.165, 1.54) is 12.1 Å². The number of phenolic OH excluding ortho intramolecular Hbond substituents is 1. The van der Waals surface area contributed by atoms with Crippen molar-refractivity contribution in [3.05, 3.63) is 41.5 Å². The average molecular weight is 449 g/mol. The molecule has 0 saturated heterocycles. The summed E-state index contributed by atoms with van der Waals surface area (Å²) in [5.74, 6) is 4.97. The highest BCUT2D eigenvalue weighted by Gasteiger charge is 2.32. The molecule has 0 aromatic heterocycles. The summed E-state index contributed by atoms with van der Waals surface area (Å²) >= 11 is 0. The van der Waals surface area contributed by atoms with Crippen molar-refractivity contribution >= 4 is 17.3 Å². The first-order valence-electron chi connectivity index (χ1n) is 9.60. The van der Waals surface area contributed by atoms with Gasteiger partial charge in [0, 0.05) is 17.7 Å². The van der Waals surface area contributed by atoms with Gasteiger partial charge < -0.3 is 25.2 Å². The third-order valence-corrected chi connectivity index (χ3v) is 4.44. The molecule has 170 valence electrons. The number of halogens is 3. The van der Waals surface area contributed by atoms with Gasteiger partial charge in [-0.15, -0.1) is 13.2 Å². The third kappa shape index (κ3) is 5.98. The molecule has 0 bridgehead atoms. The number of carbonyl (C=O) groups excluding carboxylic acids is 1. The van der Waals surface area contributed by atoms with Crippen LogP contribution in [0.4, 0.5) is 24.5 Å². The highest BCUT2D eigenvalue weighted by Crippen LogP contribution is 2.35. The van der Waals surface area contributed by atoms with Crippen LogP contribution in [-0.2, 0) is 4.79 Å². The predicted molar refractivity (Wildman–Crippen MR) is 113 cm³/mol. The average Bonchev–Trinajstić information content (AvgIpc) is 2.69. The summed E-state index contributed by atoms with van der Waals surface area (Å²) in [6, 6.07) is 6.64. The molecule has 3 N–H and O–H groups in total.